The van der Waals surface area contributed by atoms with Crippen molar-refractivity contribution >= 4 is 23.2 Å². The number of hydrogen-bond acceptors (Lipinski definition) is 6. The third kappa shape index (κ3) is 3.16. The third-order valence-electron chi connectivity index (χ3n) is 3.58. The van der Waals surface area contributed by atoms with Crippen LogP contribution in [0.3, 0.4) is 0 Å². The molecule has 3 rings (SSSR count). The molecular formula is C17H16N2O4S. The number of thiazole rings is 1. The maximum atomic E-state index is 12.1. The summed E-state index contributed by atoms with van der Waals surface area (Å²) in [5.41, 5.74) is 0.711. The number of nitrogens with zero attached hydrogens (tertiary/aromatic N) is 1. The molecule has 7 heteroatoms. The van der Waals surface area contributed by atoms with Crippen LogP contribution in [-0.4, -0.2) is 28.6 Å². The van der Waals surface area contributed by atoms with Gasteiger partial charge in [-0.1, -0.05) is 30.3 Å². The molecule has 6 nitrogen and oxygen atoms in total. The monoisotopic (exact) mass is 344 g/mol. The van der Waals surface area contributed by atoms with Crippen molar-refractivity contribution < 1.29 is 19.4 Å². The molecular weight excluding hydrogens is 328 g/mol. The van der Waals surface area contributed by atoms with Gasteiger partial charge >= 0.3 is 5.97 Å². The molecule has 1 amide bonds. The Hall–Kier alpha value is -2.67. The Kier molecular flexibility index (Phi) is 4.61. The molecule has 1 aliphatic rings. The molecule has 1 aromatic carbocycles. The van der Waals surface area contributed by atoms with Crippen LogP contribution in [0.15, 0.2) is 47.9 Å². The van der Waals surface area contributed by atoms with E-state index in [1.807, 2.05) is 30.3 Å². The fraction of sp³-hybridized carbons (Fsp3) is 0.235. The zero-order chi connectivity index (χ0) is 17.1. The topological polar surface area (TPSA) is 88.5 Å². The summed E-state index contributed by atoms with van der Waals surface area (Å²) in [6, 6.07) is 9.32. The molecule has 0 aliphatic carbocycles. The highest BCUT2D eigenvalue weighted by Gasteiger charge is 2.34. The van der Waals surface area contributed by atoms with Crippen molar-refractivity contribution in [1.29, 1.82) is 0 Å². The Morgan fingerprint density at radius 2 is 2.17 bits per heavy atom. The maximum absolute atomic E-state index is 12.1. The molecule has 0 fully saturated rings. The van der Waals surface area contributed by atoms with Crippen LogP contribution in [0.1, 0.15) is 24.4 Å². The first-order chi connectivity index (χ1) is 11.6. The highest BCUT2D eigenvalue weighted by molar-refractivity contribution is 7.15. The van der Waals surface area contributed by atoms with Crippen LogP contribution in [0.25, 0.3) is 10.4 Å². The molecule has 2 heterocycles. The van der Waals surface area contributed by atoms with E-state index in [2.05, 4.69) is 10.3 Å². The number of benzene rings is 1. The van der Waals surface area contributed by atoms with Crippen molar-refractivity contribution in [2.24, 2.45) is 0 Å². The molecule has 0 saturated carbocycles. The average molecular weight is 344 g/mol. The van der Waals surface area contributed by atoms with Gasteiger partial charge in [-0.25, -0.2) is 9.78 Å². The van der Waals surface area contributed by atoms with Crippen molar-refractivity contribution in [3.8, 4) is 10.4 Å². The van der Waals surface area contributed by atoms with E-state index in [1.54, 1.807) is 13.1 Å². The first kappa shape index (κ1) is 16.2. The maximum Gasteiger partial charge on any atom is 0.347 e. The quantitative estimate of drug-likeness (QED) is 0.658. The third-order valence-corrected chi connectivity index (χ3v) is 4.74. The highest BCUT2D eigenvalue weighted by atomic mass is 32.1. The molecule has 2 N–H and O–H groups in total. The number of ether oxygens (including phenoxy) is 1. The summed E-state index contributed by atoms with van der Waals surface area (Å²) in [5.74, 6) is -1.72. The number of carbonyl (C=O) groups is 2. The van der Waals surface area contributed by atoms with E-state index < -0.39 is 17.9 Å². The van der Waals surface area contributed by atoms with Gasteiger partial charge in [0.15, 0.2) is 5.57 Å². The molecule has 0 bridgehead atoms. The number of aliphatic hydroxyl groups excluding tert-OH is 1. The van der Waals surface area contributed by atoms with E-state index in [-0.39, 0.29) is 24.4 Å². The largest absolute Gasteiger partial charge is 0.511 e. The van der Waals surface area contributed by atoms with E-state index in [9.17, 15) is 14.7 Å². The zero-order valence-electron chi connectivity index (χ0n) is 13.0. The summed E-state index contributed by atoms with van der Waals surface area (Å²) >= 11 is 1.44. The molecule has 124 valence electrons. The van der Waals surface area contributed by atoms with Crippen LogP contribution >= 0.6 is 11.3 Å². The number of carbonyl (C=O) groups excluding carboxylic acids is 2. The molecule has 1 unspecified atom stereocenters. The van der Waals surface area contributed by atoms with E-state index in [1.165, 1.54) is 11.3 Å². The van der Waals surface area contributed by atoms with Gasteiger partial charge in [0.05, 0.1) is 17.5 Å². The summed E-state index contributed by atoms with van der Waals surface area (Å²) in [7, 11) is 0. The van der Waals surface area contributed by atoms with Crippen LogP contribution in [0.4, 0.5) is 0 Å². The molecule has 24 heavy (non-hydrogen) atoms. The normalized spacial score (nSPS) is 17.5. The predicted molar refractivity (Wildman–Crippen MR) is 89.3 cm³/mol. The summed E-state index contributed by atoms with van der Waals surface area (Å²) < 4.78 is 4.79. The number of hydrogen-bond donors (Lipinski definition) is 2. The Bertz CT molecular complexity index is 798. The molecule has 0 spiro atoms. The average Bonchev–Trinajstić information content (AvgIpc) is 3.05. The highest BCUT2D eigenvalue weighted by Crippen LogP contribution is 2.33. The fourth-order valence-corrected chi connectivity index (χ4v) is 3.43. The number of aliphatic hydroxyl groups is 1. The van der Waals surface area contributed by atoms with Gasteiger partial charge < -0.3 is 15.2 Å². The Morgan fingerprint density at radius 1 is 1.42 bits per heavy atom. The van der Waals surface area contributed by atoms with E-state index >= 15 is 0 Å². The minimum Gasteiger partial charge on any atom is -0.511 e. The van der Waals surface area contributed by atoms with Crippen LogP contribution < -0.4 is 5.32 Å². The first-order valence-corrected chi connectivity index (χ1v) is 8.33. The van der Waals surface area contributed by atoms with Crippen LogP contribution in [0, 0.1) is 0 Å². The van der Waals surface area contributed by atoms with Crippen molar-refractivity contribution in [3.63, 3.8) is 0 Å². The molecule has 0 radical (unpaired) electrons. The SMILES string of the molecule is CCOC(=O)C1=C(O)CC(c2ncc(-c3ccccc3)s2)NC1=O. The summed E-state index contributed by atoms with van der Waals surface area (Å²) in [5, 5.41) is 13.5. The summed E-state index contributed by atoms with van der Waals surface area (Å²) in [4.78, 5) is 29.2. The lowest BCUT2D eigenvalue weighted by molar-refractivity contribution is -0.141. The molecule has 1 atom stereocenters. The number of esters is 1. The second kappa shape index (κ2) is 6.84. The van der Waals surface area contributed by atoms with Crippen LogP contribution in [0.5, 0.6) is 0 Å². The number of amides is 1. The lowest BCUT2D eigenvalue weighted by Gasteiger charge is -2.22. The molecule has 2 aromatic rings. The van der Waals surface area contributed by atoms with Crippen LogP contribution in [0.2, 0.25) is 0 Å². The van der Waals surface area contributed by atoms with E-state index in [4.69, 9.17) is 4.74 Å². The van der Waals surface area contributed by atoms with Gasteiger partial charge in [0.2, 0.25) is 0 Å². The molecule has 0 saturated heterocycles. The molecule has 1 aromatic heterocycles. The van der Waals surface area contributed by atoms with Gasteiger partial charge in [0, 0.05) is 12.6 Å². The number of rotatable bonds is 4. The Balaban J connectivity index is 1.82. The Labute approximate surface area is 142 Å². The summed E-state index contributed by atoms with van der Waals surface area (Å²) in [6.07, 6.45) is 1.85. The minimum atomic E-state index is -0.810. The second-order valence-electron chi connectivity index (χ2n) is 5.20. The van der Waals surface area contributed by atoms with Gasteiger partial charge in [0.1, 0.15) is 10.8 Å². The summed E-state index contributed by atoms with van der Waals surface area (Å²) in [6.45, 7) is 1.78. The van der Waals surface area contributed by atoms with Gasteiger partial charge in [-0.2, -0.15) is 0 Å². The standard InChI is InChI=1S/C17H16N2O4S/c1-2-23-17(22)14-12(20)8-11(19-15(14)21)16-18-9-13(24-16)10-6-4-3-5-7-10/h3-7,9,11,20H,2,8H2,1H3,(H,19,21). The van der Waals surface area contributed by atoms with Crippen molar-refractivity contribution in [2.75, 3.05) is 6.61 Å². The van der Waals surface area contributed by atoms with E-state index in [0.29, 0.717) is 5.01 Å². The molecule has 1 aliphatic heterocycles. The van der Waals surface area contributed by atoms with Gasteiger partial charge in [-0.15, -0.1) is 11.3 Å². The van der Waals surface area contributed by atoms with Crippen molar-refractivity contribution in [2.45, 2.75) is 19.4 Å². The van der Waals surface area contributed by atoms with Crippen molar-refractivity contribution in [1.82, 2.24) is 10.3 Å². The lowest BCUT2D eigenvalue weighted by atomic mass is 10.0. The van der Waals surface area contributed by atoms with Crippen LogP contribution in [-0.2, 0) is 14.3 Å². The number of nitrogens with one attached hydrogen (secondary N) is 1. The smallest absolute Gasteiger partial charge is 0.347 e. The lowest BCUT2D eigenvalue weighted by Crippen LogP contribution is -2.38. The second-order valence-corrected chi connectivity index (χ2v) is 6.26. The minimum absolute atomic E-state index is 0.113. The first-order valence-electron chi connectivity index (χ1n) is 7.51. The zero-order valence-corrected chi connectivity index (χ0v) is 13.8. The van der Waals surface area contributed by atoms with Gasteiger partial charge in [-0.05, 0) is 12.5 Å². The number of aromatic nitrogens is 1. The van der Waals surface area contributed by atoms with Gasteiger partial charge in [-0.3, -0.25) is 4.79 Å². The van der Waals surface area contributed by atoms with Gasteiger partial charge in [0.25, 0.3) is 5.91 Å². The predicted octanol–water partition coefficient (Wildman–Crippen LogP) is 2.75. The van der Waals surface area contributed by atoms with Crippen molar-refractivity contribution in [3.05, 3.63) is 52.9 Å². The van der Waals surface area contributed by atoms with E-state index in [0.717, 1.165) is 10.4 Å². The Morgan fingerprint density at radius 3 is 2.83 bits per heavy atom. The fourth-order valence-electron chi connectivity index (χ4n) is 2.46.